The molecule has 0 saturated carbocycles. The highest BCUT2D eigenvalue weighted by molar-refractivity contribution is 5.92. The van der Waals surface area contributed by atoms with Gasteiger partial charge in [-0.05, 0) is 38.0 Å². The van der Waals surface area contributed by atoms with Crippen LogP contribution in [0, 0.1) is 13.8 Å². The maximum atomic E-state index is 12.6. The minimum atomic E-state index is -0.0813. The van der Waals surface area contributed by atoms with E-state index in [4.69, 9.17) is 0 Å². The first-order valence-corrected chi connectivity index (χ1v) is 6.70. The summed E-state index contributed by atoms with van der Waals surface area (Å²) in [6.07, 6.45) is 3.46. The molecular weight excluding hydrogens is 254 g/mol. The Bertz CT molecular complexity index is 663. The van der Waals surface area contributed by atoms with Crippen molar-refractivity contribution in [3.8, 4) is 0 Å². The molecular formula is C14H17N5O. The molecule has 0 bridgehead atoms. The molecule has 1 atom stereocenters. The molecule has 2 aromatic rings. The van der Waals surface area contributed by atoms with Crippen molar-refractivity contribution in [2.75, 3.05) is 6.54 Å². The van der Waals surface area contributed by atoms with Crippen molar-refractivity contribution in [3.63, 3.8) is 0 Å². The Morgan fingerprint density at radius 3 is 2.85 bits per heavy atom. The number of rotatable bonds is 1. The first-order chi connectivity index (χ1) is 9.58. The molecule has 3 rings (SSSR count). The van der Waals surface area contributed by atoms with Crippen LogP contribution in [0.5, 0.6) is 0 Å². The zero-order chi connectivity index (χ0) is 14.3. The summed E-state index contributed by atoms with van der Waals surface area (Å²) in [6.45, 7) is 7.33. The second-order valence-corrected chi connectivity index (χ2v) is 5.21. The molecule has 1 aliphatic rings. The largest absolute Gasteiger partial charge is 0.326 e. The average molecular weight is 271 g/mol. The van der Waals surface area contributed by atoms with E-state index in [2.05, 4.69) is 15.2 Å². The van der Waals surface area contributed by atoms with Gasteiger partial charge in [-0.15, -0.1) is 10.2 Å². The van der Waals surface area contributed by atoms with Gasteiger partial charge in [0.2, 0.25) is 0 Å². The predicted molar refractivity (Wildman–Crippen MR) is 73.2 cm³/mol. The molecule has 0 radical (unpaired) electrons. The van der Waals surface area contributed by atoms with E-state index in [-0.39, 0.29) is 11.9 Å². The normalized spacial score (nSPS) is 17.9. The molecule has 6 heteroatoms. The standard InChI is InChI=1S/C14H17N5O/c1-9-6-12(15-7-10(9)2)14(20)19-5-4-18-8-16-17-13(18)11(19)3/h6-8,11H,4-5H2,1-3H3. The van der Waals surface area contributed by atoms with Crippen molar-refractivity contribution < 1.29 is 4.79 Å². The summed E-state index contributed by atoms with van der Waals surface area (Å²) in [4.78, 5) is 18.7. The Balaban J connectivity index is 1.90. The van der Waals surface area contributed by atoms with Crippen LogP contribution in [0.1, 0.15) is 40.4 Å². The number of nitrogens with zero attached hydrogens (tertiary/aromatic N) is 5. The fourth-order valence-corrected chi connectivity index (χ4v) is 2.47. The predicted octanol–water partition coefficient (Wildman–Crippen LogP) is 1.51. The van der Waals surface area contributed by atoms with Gasteiger partial charge in [-0.2, -0.15) is 0 Å². The highest BCUT2D eigenvalue weighted by Gasteiger charge is 2.30. The van der Waals surface area contributed by atoms with E-state index < -0.39 is 0 Å². The molecule has 104 valence electrons. The van der Waals surface area contributed by atoms with Gasteiger partial charge in [0, 0.05) is 19.3 Å². The maximum absolute atomic E-state index is 12.6. The summed E-state index contributed by atoms with van der Waals surface area (Å²) in [6, 6.07) is 1.77. The van der Waals surface area contributed by atoms with E-state index in [0.717, 1.165) is 23.5 Å². The summed E-state index contributed by atoms with van der Waals surface area (Å²) in [5, 5.41) is 8.00. The van der Waals surface area contributed by atoms with Crippen LogP contribution in [-0.2, 0) is 6.54 Å². The number of carbonyl (C=O) groups excluding carboxylic acids is 1. The molecule has 0 aromatic carbocycles. The number of pyridine rings is 1. The molecule has 0 fully saturated rings. The second kappa shape index (κ2) is 4.70. The Labute approximate surface area is 117 Å². The number of aryl methyl sites for hydroxylation is 2. The van der Waals surface area contributed by atoms with Gasteiger partial charge in [0.1, 0.15) is 12.0 Å². The summed E-state index contributed by atoms with van der Waals surface area (Å²) in [5.74, 6) is 0.781. The smallest absolute Gasteiger partial charge is 0.273 e. The minimum absolute atomic E-state index is 0.0464. The molecule has 0 aliphatic carbocycles. The third-order valence-corrected chi connectivity index (χ3v) is 3.92. The number of amides is 1. The Morgan fingerprint density at radius 2 is 2.10 bits per heavy atom. The molecule has 2 aromatic heterocycles. The van der Waals surface area contributed by atoms with E-state index in [1.165, 1.54) is 0 Å². The highest BCUT2D eigenvalue weighted by Crippen LogP contribution is 2.24. The van der Waals surface area contributed by atoms with Gasteiger partial charge >= 0.3 is 0 Å². The van der Waals surface area contributed by atoms with E-state index in [1.54, 1.807) is 17.4 Å². The number of hydrogen-bond acceptors (Lipinski definition) is 4. The molecule has 6 nitrogen and oxygen atoms in total. The van der Waals surface area contributed by atoms with Gasteiger partial charge in [-0.25, -0.2) is 0 Å². The number of carbonyl (C=O) groups is 1. The van der Waals surface area contributed by atoms with Crippen molar-refractivity contribution in [1.29, 1.82) is 0 Å². The van der Waals surface area contributed by atoms with Crippen molar-refractivity contribution >= 4 is 5.91 Å². The molecule has 1 aliphatic heterocycles. The lowest BCUT2D eigenvalue weighted by Crippen LogP contribution is -2.41. The van der Waals surface area contributed by atoms with E-state index in [1.807, 2.05) is 31.4 Å². The van der Waals surface area contributed by atoms with Gasteiger partial charge in [0.15, 0.2) is 5.82 Å². The van der Waals surface area contributed by atoms with E-state index in [0.29, 0.717) is 12.2 Å². The fraction of sp³-hybridized carbons (Fsp3) is 0.429. The summed E-state index contributed by atoms with van der Waals surface area (Å²) in [5.41, 5.74) is 2.66. The van der Waals surface area contributed by atoms with Crippen molar-refractivity contribution in [1.82, 2.24) is 24.6 Å². The van der Waals surface area contributed by atoms with Crippen molar-refractivity contribution in [2.24, 2.45) is 0 Å². The third-order valence-electron chi connectivity index (χ3n) is 3.92. The van der Waals surface area contributed by atoms with Crippen LogP contribution in [0.15, 0.2) is 18.6 Å². The molecule has 1 amide bonds. The number of hydrogen-bond donors (Lipinski definition) is 0. The first-order valence-electron chi connectivity index (χ1n) is 6.70. The SMILES string of the molecule is Cc1cnc(C(=O)N2CCn3cnnc3C2C)cc1C. The van der Waals surface area contributed by atoms with Gasteiger partial charge in [0.25, 0.3) is 5.91 Å². The Morgan fingerprint density at radius 1 is 1.30 bits per heavy atom. The van der Waals surface area contributed by atoms with Crippen LogP contribution in [0.25, 0.3) is 0 Å². The lowest BCUT2D eigenvalue weighted by molar-refractivity contribution is 0.0631. The van der Waals surface area contributed by atoms with E-state index in [9.17, 15) is 4.79 Å². The lowest BCUT2D eigenvalue weighted by Gasteiger charge is -2.33. The third kappa shape index (κ3) is 1.97. The lowest BCUT2D eigenvalue weighted by atomic mass is 10.1. The first kappa shape index (κ1) is 12.8. The number of aromatic nitrogens is 4. The minimum Gasteiger partial charge on any atom is -0.326 e. The Kier molecular flexibility index (Phi) is 3.00. The molecule has 20 heavy (non-hydrogen) atoms. The molecule has 0 N–H and O–H groups in total. The van der Waals surface area contributed by atoms with Crippen LogP contribution in [-0.4, -0.2) is 37.1 Å². The Hall–Kier alpha value is -2.24. The summed E-state index contributed by atoms with van der Waals surface area (Å²) in [7, 11) is 0. The van der Waals surface area contributed by atoms with Crippen LogP contribution in [0.2, 0.25) is 0 Å². The zero-order valence-corrected chi connectivity index (χ0v) is 11.9. The van der Waals surface area contributed by atoms with Crippen LogP contribution >= 0.6 is 0 Å². The second-order valence-electron chi connectivity index (χ2n) is 5.21. The summed E-state index contributed by atoms with van der Waals surface area (Å²) < 4.78 is 1.99. The van der Waals surface area contributed by atoms with Gasteiger partial charge in [-0.3, -0.25) is 9.78 Å². The van der Waals surface area contributed by atoms with Gasteiger partial charge in [0.05, 0.1) is 6.04 Å². The summed E-state index contributed by atoms with van der Waals surface area (Å²) >= 11 is 0. The number of fused-ring (bicyclic) bond motifs is 1. The maximum Gasteiger partial charge on any atom is 0.273 e. The van der Waals surface area contributed by atoms with Crippen LogP contribution in [0.3, 0.4) is 0 Å². The van der Waals surface area contributed by atoms with Gasteiger partial charge in [-0.1, -0.05) is 0 Å². The quantitative estimate of drug-likeness (QED) is 0.788. The monoisotopic (exact) mass is 271 g/mol. The highest BCUT2D eigenvalue weighted by atomic mass is 16.2. The molecule has 1 unspecified atom stereocenters. The van der Waals surface area contributed by atoms with Crippen LogP contribution < -0.4 is 0 Å². The van der Waals surface area contributed by atoms with Crippen molar-refractivity contribution in [3.05, 3.63) is 41.2 Å². The molecule has 3 heterocycles. The zero-order valence-electron chi connectivity index (χ0n) is 11.9. The van der Waals surface area contributed by atoms with Gasteiger partial charge < -0.3 is 9.47 Å². The fourth-order valence-electron chi connectivity index (χ4n) is 2.47. The molecule has 0 saturated heterocycles. The van der Waals surface area contributed by atoms with Crippen LogP contribution in [0.4, 0.5) is 0 Å². The molecule has 0 spiro atoms. The van der Waals surface area contributed by atoms with E-state index >= 15 is 0 Å². The van der Waals surface area contributed by atoms with Crippen molar-refractivity contribution in [2.45, 2.75) is 33.4 Å². The topological polar surface area (TPSA) is 63.9 Å². The average Bonchev–Trinajstić information content (AvgIpc) is 2.91.